The minimum atomic E-state index is -0.155. The highest BCUT2D eigenvalue weighted by Crippen LogP contribution is 2.35. The van der Waals surface area contributed by atoms with Gasteiger partial charge in [-0.25, -0.2) is 4.79 Å². The Bertz CT molecular complexity index is 791. The number of nitrogens with zero attached hydrogens (tertiary/aromatic N) is 1. The molecule has 0 amide bonds. The fourth-order valence-corrected chi connectivity index (χ4v) is 3.56. The van der Waals surface area contributed by atoms with Crippen LogP contribution in [0.4, 0.5) is 0 Å². The normalized spacial score (nSPS) is 18.1. The van der Waals surface area contributed by atoms with Gasteiger partial charge in [0.15, 0.2) is 0 Å². The molecule has 2 aliphatic rings. The van der Waals surface area contributed by atoms with E-state index in [4.69, 9.17) is 9.15 Å². The zero-order valence-corrected chi connectivity index (χ0v) is 13.1. The van der Waals surface area contributed by atoms with Crippen molar-refractivity contribution in [2.24, 2.45) is 0 Å². The molecule has 0 spiro atoms. The van der Waals surface area contributed by atoms with Crippen LogP contribution in [0, 0.1) is 0 Å². The van der Waals surface area contributed by atoms with E-state index in [9.17, 15) is 4.79 Å². The minimum absolute atomic E-state index is 0.155. The maximum atomic E-state index is 12.4. The molecule has 0 N–H and O–H groups in total. The third-order valence-electron chi connectivity index (χ3n) is 4.93. The molecule has 2 aromatic rings. The third-order valence-corrected chi connectivity index (χ3v) is 4.93. The van der Waals surface area contributed by atoms with Gasteiger partial charge in [-0.2, -0.15) is 0 Å². The summed E-state index contributed by atoms with van der Waals surface area (Å²) >= 11 is 0. The minimum Gasteiger partial charge on any atom is -0.478 e. The van der Waals surface area contributed by atoms with E-state index in [1.807, 2.05) is 6.07 Å². The summed E-state index contributed by atoms with van der Waals surface area (Å²) in [5.74, 6) is 0.850. The Labute approximate surface area is 129 Å². The van der Waals surface area contributed by atoms with E-state index in [-0.39, 0.29) is 5.63 Å². The zero-order valence-electron chi connectivity index (χ0n) is 13.1. The van der Waals surface area contributed by atoms with Crippen LogP contribution in [-0.4, -0.2) is 17.7 Å². The molecule has 0 saturated heterocycles. The molecule has 2 heterocycles. The van der Waals surface area contributed by atoms with Crippen LogP contribution in [0.25, 0.3) is 11.0 Å². The SMILES string of the molecule is CC(C)N1COc2ccc3c4c(c(=O)oc3c2C1)CCCC4. The fourth-order valence-electron chi connectivity index (χ4n) is 3.56. The van der Waals surface area contributed by atoms with Gasteiger partial charge in [0, 0.05) is 23.5 Å². The topological polar surface area (TPSA) is 42.7 Å². The molecule has 1 aromatic carbocycles. The van der Waals surface area contributed by atoms with Crippen LogP contribution < -0.4 is 10.4 Å². The first-order chi connectivity index (χ1) is 10.6. The molecule has 1 aromatic heterocycles. The Hall–Kier alpha value is -1.81. The van der Waals surface area contributed by atoms with Crippen LogP contribution >= 0.6 is 0 Å². The van der Waals surface area contributed by atoms with Crippen molar-refractivity contribution in [3.05, 3.63) is 39.2 Å². The van der Waals surface area contributed by atoms with Crippen molar-refractivity contribution >= 4 is 11.0 Å². The van der Waals surface area contributed by atoms with Gasteiger partial charge in [0.2, 0.25) is 0 Å². The van der Waals surface area contributed by atoms with Crippen molar-refractivity contribution in [1.29, 1.82) is 0 Å². The average molecular weight is 299 g/mol. The summed E-state index contributed by atoms with van der Waals surface area (Å²) in [6.45, 7) is 5.66. The van der Waals surface area contributed by atoms with Gasteiger partial charge in [0.25, 0.3) is 0 Å². The van der Waals surface area contributed by atoms with E-state index < -0.39 is 0 Å². The quantitative estimate of drug-likeness (QED) is 0.758. The Kier molecular flexibility index (Phi) is 3.22. The predicted molar refractivity (Wildman–Crippen MR) is 85.3 cm³/mol. The number of fused-ring (bicyclic) bond motifs is 5. The molecular weight excluding hydrogens is 278 g/mol. The second kappa shape index (κ2) is 5.13. The van der Waals surface area contributed by atoms with Gasteiger partial charge in [-0.05, 0) is 57.2 Å². The molecule has 0 unspecified atom stereocenters. The van der Waals surface area contributed by atoms with Crippen LogP contribution in [0.2, 0.25) is 0 Å². The van der Waals surface area contributed by atoms with E-state index in [2.05, 4.69) is 24.8 Å². The number of ether oxygens (including phenoxy) is 1. The lowest BCUT2D eigenvalue weighted by Gasteiger charge is -2.32. The number of hydrogen-bond acceptors (Lipinski definition) is 4. The standard InChI is InChI=1S/C18H21NO3/c1-11(2)19-9-15-16(21-10-19)8-7-13-12-5-3-4-6-14(12)18(20)22-17(13)15/h7-8,11H,3-6,9-10H2,1-2H3. The van der Waals surface area contributed by atoms with E-state index in [1.54, 1.807) is 0 Å². The van der Waals surface area contributed by atoms with Crippen LogP contribution in [0.5, 0.6) is 5.75 Å². The zero-order chi connectivity index (χ0) is 15.3. The van der Waals surface area contributed by atoms with Gasteiger partial charge >= 0.3 is 5.63 Å². The summed E-state index contributed by atoms with van der Waals surface area (Å²) < 4.78 is 11.6. The number of rotatable bonds is 1. The van der Waals surface area contributed by atoms with E-state index in [0.717, 1.165) is 60.1 Å². The van der Waals surface area contributed by atoms with Crippen LogP contribution in [0.15, 0.2) is 21.3 Å². The van der Waals surface area contributed by atoms with Crippen LogP contribution in [0.1, 0.15) is 43.4 Å². The summed E-state index contributed by atoms with van der Waals surface area (Å²) in [5.41, 5.74) is 3.67. The molecule has 22 heavy (non-hydrogen) atoms. The van der Waals surface area contributed by atoms with Gasteiger partial charge in [0.05, 0.1) is 5.56 Å². The van der Waals surface area contributed by atoms with Crippen molar-refractivity contribution in [2.45, 2.75) is 52.1 Å². The molecule has 1 aliphatic heterocycles. The largest absolute Gasteiger partial charge is 0.478 e. The molecule has 0 bridgehead atoms. The van der Waals surface area contributed by atoms with E-state index in [1.165, 1.54) is 5.56 Å². The lowest BCUT2D eigenvalue weighted by atomic mass is 9.90. The Balaban J connectivity index is 1.95. The summed E-state index contributed by atoms with van der Waals surface area (Å²) in [6.07, 6.45) is 4.06. The second-order valence-electron chi connectivity index (χ2n) is 6.59. The van der Waals surface area contributed by atoms with Crippen molar-refractivity contribution in [2.75, 3.05) is 6.73 Å². The lowest BCUT2D eigenvalue weighted by molar-refractivity contribution is 0.0689. The summed E-state index contributed by atoms with van der Waals surface area (Å²) in [7, 11) is 0. The van der Waals surface area contributed by atoms with Gasteiger partial charge < -0.3 is 9.15 Å². The first kappa shape index (κ1) is 13.8. The van der Waals surface area contributed by atoms with Crippen LogP contribution in [-0.2, 0) is 19.4 Å². The van der Waals surface area contributed by atoms with Crippen molar-refractivity contribution in [3.8, 4) is 5.75 Å². The van der Waals surface area contributed by atoms with Gasteiger partial charge in [0.1, 0.15) is 18.1 Å². The lowest BCUT2D eigenvalue weighted by Crippen LogP contribution is -2.37. The fraction of sp³-hybridized carbons (Fsp3) is 0.500. The third kappa shape index (κ3) is 2.05. The summed E-state index contributed by atoms with van der Waals surface area (Å²) in [6, 6.07) is 4.49. The van der Waals surface area contributed by atoms with E-state index >= 15 is 0 Å². The molecular formula is C18H21NO3. The van der Waals surface area contributed by atoms with Gasteiger partial charge in [-0.1, -0.05) is 0 Å². The molecule has 0 saturated carbocycles. The molecule has 1 aliphatic carbocycles. The van der Waals surface area contributed by atoms with Crippen molar-refractivity contribution in [1.82, 2.24) is 4.90 Å². The first-order valence-electron chi connectivity index (χ1n) is 8.12. The smallest absolute Gasteiger partial charge is 0.339 e. The summed E-state index contributed by atoms with van der Waals surface area (Å²) in [4.78, 5) is 14.6. The van der Waals surface area contributed by atoms with E-state index in [0.29, 0.717) is 12.8 Å². The monoisotopic (exact) mass is 299 g/mol. The molecule has 4 heteroatoms. The van der Waals surface area contributed by atoms with Gasteiger partial charge in [-0.15, -0.1) is 0 Å². The highest BCUT2D eigenvalue weighted by molar-refractivity contribution is 5.86. The predicted octanol–water partition coefficient (Wildman–Crippen LogP) is 3.23. The van der Waals surface area contributed by atoms with Crippen molar-refractivity contribution < 1.29 is 9.15 Å². The second-order valence-corrected chi connectivity index (χ2v) is 6.59. The Morgan fingerprint density at radius 1 is 1.09 bits per heavy atom. The number of hydrogen-bond donors (Lipinski definition) is 0. The maximum Gasteiger partial charge on any atom is 0.339 e. The van der Waals surface area contributed by atoms with Crippen molar-refractivity contribution in [3.63, 3.8) is 0 Å². The highest BCUT2D eigenvalue weighted by atomic mass is 16.5. The molecule has 0 atom stereocenters. The Morgan fingerprint density at radius 3 is 2.64 bits per heavy atom. The first-order valence-corrected chi connectivity index (χ1v) is 8.12. The van der Waals surface area contributed by atoms with Gasteiger partial charge in [-0.3, -0.25) is 4.90 Å². The molecule has 0 fully saturated rings. The van der Waals surface area contributed by atoms with Crippen LogP contribution in [0.3, 0.4) is 0 Å². The summed E-state index contributed by atoms with van der Waals surface area (Å²) in [5, 5.41) is 1.10. The number of benzene rings is 1. The molecule has 4 rings (SSSR count). The molecule has 116 valence electrons. The molecule has 0 radical (unpaired) electrons. The Morgan fingerprint density at radius 2 is 1.86 bits per heavy atom. The number of aryl methyl sites for hydroxylation is 1. The average Bonchev–Trinajstić information content (AvgIpc) is 2.54. The molecule has 4 nitrogen and oxygen atoms in total. The highest BCUT2D eigenvalue weighted by Gasteiger charge is 2.25. The maximum absolute atomic E-state index is 12.4.